The summed E-state index contributed by atoms with van der Waals surface area (Å²) < 4.78 is 5.14. The Balaban J connectivity index is 1.72. The van der Waals surface area contributed by atoms with E-state index in [-0.39, 0.29) is 17.2 Å². The number of nitrogens with zero attached hydrogens (tertiary/aromatic N) is 2. The number of amides is 1. The predicted octanol–water partition coefficient (Wildman–Crippen LogP) is 4.76. The van der Waals surface area contributed by atoms with Gasteiger partial charge >= 0.3 is 5.91 Å². The third-order valence-electron chi connectivity index (χ3n) is 5.44. The molecule has 5 rings (SSSR count). The van der Waals surface area contributed by atoms with Crippen molar-refractivity contribution in [2.24, 2.45) is 0 Å². The number of hydrogen-bond donors (Lipinski definition) is 1. The van der Waals surface area contributed by atoms with Crippen LogP contribution in [0.2, 0.25) is 0 Å². The van der Waals surface area contributed by atoms with Crippen LogP contribution in [0.4, 0.5) is 5.82 Å². The molecule has 1 aromatic heterocycles. The Kier molecular flexibility index (Phi) is 4.40. The van der Waals surface area contributed by atoms with Gasteiger partial charge in [0.2, 0.25) is 0 Å². The summed E-state index contributed by atoms with van der Waals surface area (Å²) >= 11 is 0. The van der Waals surface area contributed by atoms with E-state index in [0.717, 1.165) is 10.8 Å². The Hall–Kier alpha value is -4.19. The second-order valence-corrected chi connectivity index (χ2v) is 7.44. The van der Waals surface area contributed by atoms with Crippen molar-refractivity contribution in [2.45, 2.75) is 13.0 Å². The molecular weight excluding hydrogens is 392 g/mol. The standard InChI is InChI=1S/C25H18N2O4/c1-15-13-20(26-31-15)27-22(17-8-3-2-4-9-17)21(24(29)25(27)30)23(28)19-12-11-16-7-5-6-10-18(16)14-19/h2-14,22,28H,1H3. The van der Waals surface area contributed by atoms with E-state index in [1.807, 2.05) is 60.7 Å². The Bertz CT molecular complexity index is 1350. The van der Waals surface area contributed by atoms with E-state index in [1.165, 1.54) is 4.90 Å². The molecule has 152 valence electrons. The molecule has 1 amide bonds. The average molecular weight is 410 g/mol. The van der Waals surface area contributed by atoms with Crippen molar-refractivity contribution < 1.29 is 19.2 Å². The number of carbonyl (C=O) groups is 2. The highest BCUT2D eigenvalue weighted by atomic mass is 16.5. The molecule has 1 N–H and O–H groups in total. The predicted molar refractivity (Wildman–Crippen MR) is 116 cm³/mol. The Labute approximate surface area is 178 Å². The molecule has 0 spiro atoms. The van der Waals surface area contributed by atoms with Crippen molar-refractivity contribution in [2.75, 3.05) is 4.90 Å². The Morgan fingerprint density at radius 3 is 2.35 bits per heavy atom. The number of benzene rings is 3. The third kappa shape index (κ3) is 3.09. The van der Waals surface area contributed by atoms with Crippen molar-refractivity contribution in [1.29, 1.82) is 0 Å². The van der Waals surface area contributed by atoms with Gasteiger partial charge in [0.05, 0.1) is 11.6 Å². The topological polar surface area (TPSA) is 83.6 Å². The van der Waals surface area contributed by atoms with Crippen LogP contribution < -0.4 is 4.90 Å². The molecule has 0 aliphatic carbocycles. The maximum absolute atomic E-state index is 13.1. The summed E-state index contributed by atoms with van der Waals surface area (Å²) in [5.74, 6) is -1.01. The van der Waals surface area contributed by atoms with E-state index in [2.05, 4.69) is 5.16 Å². The number of hydrogen-bond acceptors (Lipinski definition) is 5. The highest BCUT2D eigenvalue weighted by molar-refractivity contribution is 6.51. The van der Waals surface area contributed by atoms with Gasteiger partial charge in [0.15, 0.2) is 5.82 Å². The van der Waals surface area contributed by atoms with Crippen LogP contribution in [-0.4, -0.2) is 22.0 Å². The van der Waals surface area contributed by atoms with Crippen LogP contribution in [-0.2, 0) is 9.59 Å². The van der Waals surface area contributed by atoms with Gasteiger partial charge in [0, 0.05) is 11.6 Å². The first-order valence-electron chi connectivity index (χ1n) is 9.83. The van der Waals surface area contributed by atoms with Crippen LogP contribution >= 0.6 is 0 Å². The van der Waals surface area contributed by atoms with E-state index in [0.29, 0.717) is 16.9 Å². The number of aromatic nitrogens is 1. The van der Waals surface area contributed by atoms with Crippen LogP contribution in [0.3, 0.4) is 0 Å². The molecule has 0 saturated carbocycles. The van der Waals surface area contributed by atoms with E-state index >= 15 is 0 Å². The molecule has 0 radical (unpaired) electrons. The van der Waals surface area contributed by atoms with Gasteiger partial charge in [-0.15, -0.1) is 0 Å². The number of aryl methyl sites for hydroxylation is 1. The molecule has 4 aromatic rings. The highest BCUT2D eigenvalue weighted by Gasteiger charge is 2.48. The number of ketones is 1. The summed E-state index contributed by atoms with van der Waals surface area (Å²) in [6.07, 6.45) is 0. The molecule has 1 unspecified atom stereocenters. The van der Waals surface area contributed by atoms with Gasteiger partial charge in [-0.2, -0.15) is 0 Å². The molecule has 0 bridgehead atoms. The minimum Gasteiger partial charge on any atom is -0.507 e. The lowest BCUT2D eigenvalue weighted by molar-refractivity contribution is -0.132. The molecule has 1 saturated heterocycles. The second-order valence-electron chi connectivity index (χ2n) is 7.44. The summed E-state index contributed by atoms with van der Waals surface area (Å²) in [5, 5.41) is 17.1. The van der Waals surface area contributed by atoms with Crippen LogP contribution in [0.1, 0.15) is 22.9 Å². The van der Waals surface area contributed by atoms with Crippen molar-refractivity contribution in [1.82, 2.24) is 5.16 Å². The summed E-state index contributed by atoms with van der Waals surface area (Å²) in [7, 11) is 0. The van der Waals surface area contributed by atoms with E-state index in [9.17, 15) is 14.7 Å². The number of fused-ring (bicyclic) bond motifs is 1. The molecular formula is C25H18N2O4. The van der Waals surface area contributed by atoms with Crippen LogP contribution in [0.5, 0.6) is 0 Å². The number of aliphatic hydroxyl groups excluding tert-OH is 1. The normalized spacial score (nSPS) is 18.1. The van der Waals surface area contributed by atoms with Crippen molar-refractivity contribution in [3.05, 3.63) is 101 Å². The number of anilines is 1. The van der Waals surface area contributed by atoms with E-state index in [1.54, 1.807) is 25.1 Å². The summed E-state index contributed by atoms with van der Waals surface area (Å²) in [4.78, 5) is 27.4. The first-order valence-corrected chi connectivity index (χ1v) is 9.83. The lowest BCUT2D eigenvalue weighted by atomic mass is 9.94. The molecule has 3 aromatic carbocycles. The van der Waals surface area contributed by atoms with Gasteiger partial charge in [0.1, 0.15) is 11.5 Å². The van der Waals surface area contributed by atoms with Gasteiger partial charge in [-0.25, -0.2) is 0 Å². The molecule has 6 heteroatoms. The van der Waals surface area contributed by atoms with Gasteiger partial charge < -0.3 is 9.63 Å². The SMILES string of the molecule is Cc1cc(N2C(=O)C(=O)C(=C(O)c3ccc4ccccc4c3)C2c2ccccc2)no1. The van der Waals surface area contributed by atoms with E-state index < -0.39 is 17.7 Å². The Morgan fingerprint density at radius 2 is 1.65 bits per heavy atom. The molecule has 1 atom stereocenters. The van der Waals surface area contributed by atoms with Crippen molar-refractivity contribution in [3.63, 3.8) is 0 Å². The fourth-order valence-corrected chi connectivity index (χ4v) is 3.98. The highest BCUT2D eigenvalue weighted by Crippen LogP contribution is 2.42. The van der Waals surface area contributed by atoms with Gasteiger partial charge in [-0.3, -0.25) is 14.5 Å². The minimum atomic E-state index is -0.822. The van der Waals surface area contributed by atoms with Crippen LogP contribution in [0.15, 0.2) is 89.0 Å². The van der Waals surface area contributed by atoms with E-state index in [4.69, 9.17) is 4.52 Å². The number of carbonyl (C=O) groups excluding carboxylic acids is 2. The summed E-state index contributed by atoms with van der Waals surface area (Å²) in [6.45, 7) is 1.71. The van der Waals surface area contributed by atoms with Crippen molar-refractivity contribution >= 4 is 34.0 Å². The monoisotopic (exact) mass is 410 g/mol. The first-order chi connectivity index (χ1) is 15.0. The zero-order chi connectivity index (χ0) is 21.5. The number of rotatable bonds is 3. The molecule has 6 nitrogen and oxygen atoms in total. The van der Waals surface area contributed by atoms with Gasteiger partial charge in [0.25, 0.3) is 5.78 Å². The zero-order valence-corrected chi connectivity index (χ0v) is 16.6. The second kappa shape index (κ2) is 7.25. The first kappa shape index (κ1) is 18.8. The fourth-order valence-electron chi connectivity index (χ4n) is 3.98. The zero-order valence-electron chi connectivity index (χ0n) is 16.6. The molecule has 1 fully saturated rings. The minimum absolute atomic E-state index is 0.0205. The third-order valence-corrected chi connectivity index (χ3v) is 5.44. The molecule has 31 heavy (non-hydrogen) atoms. The lowest BCUT2D eigenvalue weighted by Gasteiger charge is -2.22. The average Bonchev–Trinajstić information content (AvgIpc) is 3.34. The summed E-state index contributed by atoms with van der Waals surface area (Å²) in [6, 6.07) is 23.0. The van der Waals surface area contributed by atoms with Crippen LogP contribution in [0.25, 0.3) is 16.5 Å². The van der Waals surface area contributed by atoms with Gasteiger partial charge in [-0.1, -0.05) is 71.9 Å². The number of Topliss-reactive ketones (excluding diaryl/α,β-unsaturated/α-hetero) is 1. The van der Waals surface area contributed by atoms with Crippen LogP contribution in [0, 0.1) is 6.92 Å². The van der Waals surface area contributed by atoms with Crippen molar-refractivity contribution in [3.8, 4) is 0 Å². The lowest BCUT2D eigenvalue weighted by Crippen LogP contribution is -2.29. The molecule has 2 heterocycles. The summed E-state index contributed by atoms with van der Waals surface area (Å²) in [5.41, 5.74) is 1.17. The quantitative estimate of drug-likeness (QED) is 0.299. The molecule has 1 aliphatic heterocycles. The maximum Gasteiger partial charge on any atom is 0.301 e. The largest absolute Gasteiger partial charge is 0.507 e. The number of aliphatic hydroxyl groups is 1. The van der Waals surface area contributed by atoms with Gasteiger partial charge in [-0.05, 0) is 29.3 Å². The Morgan fingerprint density at radius 1 is 0.935 bits per heavy atom. The fraction of sp³-hybridized carbons (Fsp3) is 0.0800. The molecule has 1 aliphatic rings. The maximum atomic E-state index is 13.1. The smallest absolute Gasteiger partial charge is 0.301 e.